The van der Waals surface area contributed by atoms with Crippen LogP contribution in [0.15, 0.2) is 36.4 Å². The number of hydrogen-bond acceptors (Lipinski definition) is 4. The van der Waals surface area contributed by atoms with Gasteiger partial charge >= 0.3 is 0 Å². The van der Waals surface area contributed by atoms with E-state index in [0.717, 1.165) is 0 Å². The molecule has 3 aromatic carbocycles. The number of rotatable bonds is 2. The van der Waals surface area contributed by atoms with Gasteiger partial charge in [-0.15, -0.1) is 0 Å². The van der Waals surface area contributed by atoms with Crippen molar-refractivity contribution in [2.75, 3.05) is 0 Å². The van der Waals surface area contributed by atoms with Crippen molar-refractivity contribution < 1.29 is 19.8 Å². The Hall–Kier alpha value is -2.88. The first-order chi connectivity index (χ1) is 10.4. The van der Waals surface area contributed by atoms with Crippen LogP contribution in [0.1, 0.15) is 34.6 Å². The maximum atomic E-state index is 11.6. The third kappa shape index (κ3) is 2.00. The summed E-state index contributed by atoms with van der Waals surface area (Å²) < 4.78 is 0. The first-order valence-corrected chi connectivity index (χ1v) is 6.83. The molecule has 3 aromatic rings. The van der Waals surface area contributed by atoms with E-state index in [4.69, 9.17) is 0 Å². The predicted molar refractivity (Wildman–Crippen MR) is 84.8 cm³/mol. The van der Waals surface area contributed by atoms with E-state index < -0.39 is 0 Å². The standard InChI is InChI=1S/C18H14O4/c1-9(19)11-3-5-13-15(7-11)16-8-12(10(2)20)4-6-14(16)18(22)17(13)21/h3-8,21-22H,1-2H3. The normalized spacial score (nSPS) is 11.0. The van der Waals surface area contributed by atoms with Crippen molar-refractivity contribution in [3.63, 3.8) is 0 Å². The molecule has 3 rings (SSSR count). The molecule has 0 saturated heterocycles. The maximum Gasteiger partial charge on any atom is 0.166 e. The second kappa shape index (κ2) is 4.84. The van der Waals surface area contributed by atoms with E-state index in [1.807, 2.05) is 0 Å². The topological polar surface area (TPSA) is 74.6 Å². The number of phenols is 2. The van der Waals surface area contributed by atoms with Gasteiger partial charge in [0.15, 0.2) is 23.1 Å². The highest BCUT2D eigenvalue weighted by atomic mass is 16.3. The molecule has 0 amide bonds. The Balaban J connectivity index is 2.53. The lowest BCUT2D eigenvalue weighted by atomic mass is 9.95. The Morgan fingerprint density at radius 2 is 1.05 bits per heavy atom. The molecule has 110 valence electrons. The second-order valence-electron chi connectivity index (χ2n) is 5.33. The van der Waals surface area contributed by atoms with E-state index in [9.17, 15) is 19.8 Å². The van der Waals surface area contributed by atoms with Crippen LogP contribution < -0.4 is 0 Å². The van der Waals surface area contributed by atoms with Crippen LogP contribution in [0, 0.1) is 0 Å². The summed E-state index contributed by atoms with van der Waals surface area (Å²) in [5.74, 6) is -0.642. The highest BCUT2D eigenvalue weighted by Crippen LogP contribution is 2.42. The molecule has 0 fully saturated rings. The lowest BCUT2D eigenvalue weighted by molar-refractivity contribution is 0.100. The third-order valence-electron chi connectivity index (χ3n) is 3.88. The lowest BCUT2D eigenvalue weighted by Gasteiger charge is -2.11. The van der Waals surface area contributed by atoms with Gasteiger partial charge in [0.25, 0.3) is 0 Å². The van der Waals surface area contributed by atoms with Gasteiger partial charge in [-0.25, -0.2) is 0 Å². The molecule has 0 spiro atoms. The number of hydrogen-bond donors (Lipinski definition) is 2. The van der Waals surface area contributed by atoms with Crippen LogP contribution in [0.5, 0.6) is 11.5 Å². The van der Waals surface area contributed by atoms with Gasteiger partial charge in [-0.1, -0.05) is 12.1 Å². The first-order valence-electron chi connectivity index (χ1n) is 6.83. The van der Waals surface area contributed by atoms with Gasteiger partial charge in [-0.05, 0) is 48.9 Å². The number of aromatic hydroxyl groups is 2. The van der Waals surface area contributed by atoms with Crippen LogP contribution in [0.4, 0.5) is 0 Å². The van der Waals surface area contributed by atoms with Gasteiger partial charge in [0, 0.05) is 21.9 Å². The Kier molecular flexibility index (Phi) is 3.10. The molecular formula is C18H14O4. The van der Waals surface area contributed by atoms with Crippen molar-refractivity contribution >= 4 is 33.1 Å². The Labute approximate surface area is 126 Å². The fourth-order valence-corrected chi connectivity index (χ4v) is 2.64. The van der Waals surface area contributed by atoms with Crippen molar-refractivity contribution in [2.45, 2.75) is 13.8 Å². The number of phenolic OH excluding ortho intramolecular Hbond substituents is 2. The van der Waals surface area contributed by atoms with Gasteiger partial charge in [0.1, 0.15) is 0 Å². The van der Waals surface area contributed by atoms with E-state index in [1.54, 1.807) is 36.4 Å². The second-order valence-corrected chi connectivity index (χ2v) is 5.33. The van der Waals surface area contributed by atoms with Crippen molar-refractivity contribution in [1.29, 1.82) is 0 Å². The number of fused-ring (bicyclic) bond motifs is 3. The van der Waals surface area contributed by atoms with E-state index in [2.05, 4.69) is 0 Å². The zero-order valence-corrected chi connectivity index (χ0v) is 12.2. The molecule has 0 aliphatic heterocycles. The molecule has 0 atom stereocenters. The van der Waals surface area contributed by atoms with E-state index in [1.165, 1.54) is 13.8 Å². The summed E-state index contributed by atoms with van der Waals surface area (Å²) in [5, 5.41) is 22.5. The summed E-state index contributed by atoms with van der Waals surface area (Å²) >= 11 is 0. The molecule has 22 heavy (non-hydrogen) atoms. The molecule has 0 radical (unpaired) electrons. The zero-order chi connectivity index (χ0) is 16.0. The van der Waals surface area contributed by atoms with Gasteiger partial charge < -0.3 is 10.2 Å². The molecule has 2 N–H and O–H groups in total. The molecule has 4 heteroatoms. The van der Waals surface area contributed by atoms with Crippen LogP contribution in [0.25, 0.3) is 21.5 Å². The summed E-state index contributed by atoms with van der Waals surface area (Å²) in [5.41, 5.74) is 1.01. The fraction of sp³-hybridized carbons (Fsp3) is 0.111. The van der Waals surface area contributed by atoms with Crippen LogP contribution in [0.2, 0.25) is 0 Å². The molecule has 4 nitrogen and oxygen atoms in total. The third-order valence-corrected chi connectivity index (χ3v) is 3.88. The van der Waals surface area contributed by atoms with Gasteiger partial charge in [0.2, 0.25) is 0 Å². The molecule has 0 unspecified atom stereocenters. The number of carbonyl (C=O) groups is 2. The monoisotopic (exact) mass is 294 g/mol. The summed E-state index contributed by atoms with van der Waals surface area (Å²) in [7, 11) is 0. The average molecular weight is 294 g/mol. The van der Waals surface area contributed by atoms with Crippen molar-refractivity contribution in [2.24, 2.45) is 0 Å². The van der Waals surface area contributed by atoms with Crippen LogP contribution in [-0.4, -0.2) is 21.8 Å². The predicted octanol–water partition coefficient (Wildman–Crippen LogP) is 3.81. The molecule has 0 heterocycles. The van der Waals surface area contributed by atoms with E-state index >= 15 is 0 Å². The molecular weight excluding hydrogens is 280 g/mol. The summed E-state index contributed by atoms with van der Waals surface area (Å²) in [4.78, 5) is 23.2. The van der Waals surface area contributed by atoms with E-state index in [0.29, 0.717) is 32.7 Å². The number of Topliss-reactive ketones (excluding diaryl/α,β-unsaturated/α-hetero) is 2. The number of ketones is 2. The van der Waals surface area contributed by atoms with Gasteiger partial charge in [0.05, 0.1) is 0 Å². The number of carbonyl (C=O) groups excluding carboxylic acids is 2. The van der Waals surface area contributed by atoms with Crippen molar-refractivity contribution in [3.8, 4) is 11.5 Å². The quantitative estimate of drug-likeness (QED) is 0.428. The molecule has 0 aromatic heterocycles. The lowest BCUT2D eigenvalue weighted by Crippen LogP contribution is -1.94. The fourth-order valence-electron chi connectivity index (χ4n) is 2.64. The zero-order valence-electron chi connectivity index (χ0n) is 12.2. The average Bonchev–Trinajstić information content (AvgIpc) is 2.51. The van der Waals surface area contributed by atoms with E-state index in [-0.39, 0.29) is 23.1 Å². The SMILES string of the molecule is CC(=O)c1ccc2c(O)c(O)c3ccc(C(C)=O)cc3c2c1. The number of benzene rings is 3. The minimum Gasteiger partial charge on any atom is -0.504 e. The summed E-state index contributed by atoms with van der Waals surface area (Å²) in [6, 6.07) is 9.74. The highest BCUT2D eigenvalue weighted by Gasteiger charge is 2.15. The van der Waals surface area contributed by atoms with Crippen molar-refractivity contribution in [1.82, 2.24) is 0 Å². The van der Waals surface area contributed by atoms with Crippen LogP contribution in [0.3, 0.4) is 0 Å². The molecule has 0 aliphatic carbocycles. The summed E-state index contributed by atoms with van der Waals surface area (Å²) in [6.07, 6.45) is 0. The minimum atomic E-state index is -0.229. The summed E-state index contributed by atoms with van der Waals surface area (Å²) in [6.45, 7) is 2.93. The van der Waals surface area contributed by atoms with Crippen molar-refractivity contribution in [3.05, 3.63) is 47.5 Å². The Morgan fingerprint density at radius 3 is 1.36 bits per heavy atom. The van der Waals surface area contributed by atoms with Crippen LogP contribution >= 0.6 is 0 Å². The Bertz CT molecular complexity index is 876. The van der Waals surface area contributed by atoms with Crippen LogP contribution in [-0.2, 0) is 0 Å². The largest absolute Gasteiger partial charge is 0.504 e. The maximum absolute atomic E-state index is 11.6. The highest BCUT2D eigenvalue weighted by molar-refractivity contribution is 6.16. The smallest absolute Gasteiger partial charge is 0.166 e. The Morgan fingerprint density at radius 1 is 0.682 bits per heavy atom. The molecule has 0 aliphatic rings. The molecule has 0 saturated carbocycles. The van der Waals surface area contributed by atoms with Gasteiger partial charge in [-0.3, -0.25) is 9.59 Å². The first kappa shape index (κ1) is 14.1. The molecule has 0 bridgehead atoms. The minimum absolute atomic E-state index is 0.0923. The van der Waals surface area contributed by atoms with Gasteiger partial charge in [-0.2, -0.15) is 0 Å².